The zero-order valence-corrected chi connectivity index (χ0v) is 11.1. The number of hydrogen-bond acceptors (Lipinski definition) is 3. The van der Waals surface area contributed by atoms with Gasteiger partial charge in [-0.15, -0.1) is 11.8 Å². The highest BCUT2D eigenvalue weighted by Gasteiger charge is 2.19. The number of nitrogens with zero attached hydrogens (tertiary/aromatic N) is 2. The lowest BCUT2D eigenvalue weighted by atomic mass is 10.1. The summed E-state index contributed by atoms with van der Waals surface area (Å²) in [7, 11) is 2.02. The zero-order valence-electron chi connectivity index (χ0n) is 9.56. The molecule has 0 amide bonds. The quantitative estimate of drug-likeness (QED) is 0.811. The van der Waals surface area contributed by atoms with Gasteiger partial charge in [0.15, 0.2) is 0 Å². The number of allylic oxidation sites excluding steroid dienone is 1. The molecule has 0 unspecified atom stereocenters. The summed E-state index contributed by atoms with van der Waals surface area (Å²) in [5.74, 6) is 0. The monoisotopic (exact) mass is 264 g/mol. The molecule has 0 aromatic heterocycles. The summed E-state index contributed by atoms with van der Waals surface area (Å²) in [5.41, 5.74) is 0.862. The highest BCUT2D eigenvalue weighted by atomic mass is 35.5. The number of benzene rings is 1. The average Bonchev–Trinajstić information content (AvgIpc) is 2.34. The smallest absolute Gasteiger partial charge is 0.0962 e. The van der Waals surface area contributed by atoms with Crippen LogP contribution in [0.1, 0.15) is 12.8 Å². The molecule has 2 rings (SSSR count). The Balaban J connectivity index is 2.04. The van der Waals surface area contributed by atoms with Crippen LogP contribution in [0, 0.1) is 11.3 Å². The van der Waals surface area contributed by atoms with E-state index in [0.29, 0.717) is 5.37 Å². The Hall–Kier alpha value is -1.11. The van der Waals surface area contributed by atoms with Crippen LogP contribution in [0.4, 0.5) is 0 Å². The third-order valence-corrected chi connectivity index (χ3v) is 4.34. The van der Waals surface area contributed by atoms with E-state index in [1.54, 1.807) is 0 Å². The fourth-order valence-electron chi connectivity index (χ4n) is 1.77. The summed E-state index contributed by atoms with van der Waals surface area (Å²) in [6.45, 7) is 0. The Morgan fingerprint density at radius 3 is 2.71 bits per heavy atom. The van der Waals surface area contributed by atoms with Gasteiger partial charge in [0.05, 0.1) is 11.4 Å². The first-order valence-corrected chi connectivity index (χ1v) is 6.70. The Morgan fingerprint density at radius 1 is 1.41 bits per heavy atom. The van der Waals surface area contributed by atoms with Crippen molar-refractivity contribution < 1.29 is 0 Å². The molecule has 0 radical (unpaired) electrons. The molecular formula is C13H13ClN2S. The largest absolute Gasteiger partial charge is 0.367 e. The lowest BCUT2D eigenvalue weighted by molar-refractivity contribution is 0.386. The second-order valence-corrected chi connectivity index (χ2v) is 5.68. The minimum absolute atomic E-state index is 0.397. The molecule has 4 heteroatoms. The molecule has 0 aliphatic carbocycles. The molecule has 0 saturated heterocycles. The summed E-state index contributed by atoms with van der Waals surface area (Å²) < 4.78 is 0. The van der Waals surface area contributed by atoms with E-state index in [0.717, 1.165) is 23.4 Å². The topological polar surface area (TPSA) is 27.0 Å². The van der Waals surface area contributed by atoms with E-state index in [4.69, 9.17) is 16.9 Å². The lowest BCUT2D eigenvalue weighted by Crippen LogP contribution is -2.27. The summed E-state index contributed by atoms with van der Waals surface area (Å²) in [5, 5.41) is 10.0. The van der Waals surface area contributed by atoms with Gasteiger partial charge in [0, 0.05) is 28.7 Å². The van der Waals surface area contributed by atoms with E-state index in [1.165, 1.54) is 4.90 Å². The Kier molecular flexibility index (Phi) is 3.98. The third kappa shape index (κ3) is 3.18. The van der Waals surface area contributed by atoms with Crippen molar-refractivity contribution in [1.29, 1.82) is 5.26 Å². The molecule has 0 saturated carbocycles. The average molecular weight is 265 g/mol. The minimum Gasteiger partial charge on any atom is -0.367 e. The number of hydrogen-bond donors (Lipinski definition) is 0. The van der Waals surface area contributed by atoms with Gasteiger partial charge in [-0.3, -0.25) is 0 Å². The number of thioether (sulfide) groups is 1. The molecule has 1 atom stereocenters. The predicted molar refractivity (Wildman–Crippen MR) is 71.8 cm³/mol. The summed E-state index contributed by atoms with van der Waals surface area (Å²) in [6.07, 6.45) is 3.81. The van der Waals surface area contributed by atoms with Crippen molar-refractivity contribution in [3.8, 4) is 6.07 Å². The Bertz CT molecular complexity index is 461. The van der Waals surface area contributed by atoms with Gasteiger partial charge in [-0.2, -0.15) is 5.26 Å². The van der Waals surface area contributed by atoms with Crippen molar-refractivity contribution in [2.45, 2.75) is 23.1 Å². The molecular weight excluding hydrogens is 252 g/mol. The van der Waals surface area contributed by atoms with Gasteiger partial charge in [0.2, 0.25) is 0 Å². The van der Waals surface area contributed by atoms with Crippen LogP contribution in [0.5, 0.6) is 0 Å². The maximum Gasteiger partial charge on any atom is 0.0962 e. The van der Waals surface area contributed by atoms with Crippen LogP contribution in [-0.4, -0.2) is 17.3 Å². The molecule has 88 valence electrons. The molecule has 2 nitrogen and oxygen atoms in total. The van der Waals surface area contributed by atoms with Gasteiger partial charge in [0.25, 0.3) is 0 Å². The third-order valence-electron chi connectivity index (χ3n) is 2.70. The second kappa shape index (κ2) is 5.48. The Labute approximate surface area is 111 Å². The van der Waals surface area contributed by atoms with Crippen LogP contribution in [-0.2, 0) is 0 Å². The molecule has 1 aromatic rings. The predicted octanol–water partition coefficient (Wildman–Crippen LogP) is 3.89. The standard InChI is InChI=1S/C13H13ClN2S/c1-16-9-10(8-15)2-7-13(16)17-12-5-3-11(14)4-6-12/h3-6,9,13H,2,7H2,1H3/t13-/m0/s1. The molecule has 1 aliphatic heterocycles. The van der Waals surface area contributed by atoms with Crippen molar-refractivity contribution in [3.63, 3.8) is 0 Å². The normalized spacial score (nSPS) is 19.7. The maximum absolute atomic E-state index is 8.85. The zero-order chi connectivity index (χ0) is 12.3. The van der Waals surface area contributed by atoms with Crippen molar-refractivity contribution in [2.75, 3.05) is 7.05 Å². The van der Waals surface area contributed by atoms with Crippen LogP contribution in [0.2, 0.25) is 5.02 Å². The number of rotatable bonds is 2. The molecule has 0 spiro atoms. The number of halogens is 1. The minimum atomic E-state index is 0.397. The molecule has 1 aliphatic rings. The second-order valence-electron chi connectivity index (χ2n) is 4.00. The van der Waals surface area contributed by atoms with Gasteiger partial charge >= 0.3 is 0 Å². The van der Waals surface area contributed by atoms with Crippen LogP contribution in [0.3, 0.4) is 0 Å². The molecule has 17 heavy (non-hydrogen) atoms. The molecule has 1 aromatic carbocycles. The van der Waals surface area contributed by atoms with E-state index >= 15 is 0 Å². The van der Waals surface area contributed by atoms with Crippen LogP contribution < -0.4 is 0 Å². The summed E-state index contributed by atoms with van der Waals surface area (Å²) in [6, 6.07) is 10.1. The van der Waals surface area contributed by atoms with E-state index in [-0.39, 0.29) is 0 Å². The van der Waals surface area contributed by atoms with Gasteiger partial charge in [0.1, 0.15) is 0 Å². The Morgan fingerprint density at radius 2 is 2.12 bits per heavy atom. The first-order chi connectivity index (χ1) is 8.19. The van der Waals surface area contributed by atoms with Gasteiger partial charge < -0.3 is 4.90 Å². The fourth-order valence-corrected chi connectivity index (χ4v) is 2.97. The first kappa shape index (κ1) is 12.3. The van der Waals surface area contributed by atoms with Crippen molar-refractivity contribution >= 4 is 23.4 Å². The highest BCUT2D eigenvalue weighted by molar-refractivity contribution is 7.99. The molecule has 0 N–H and O–H groups in total. The van der Waals surface area contributed by atoms with Crippen LogP contribution >= 0.6 is 23.4 Å². The van der Waals surface area contributed by atoms with Crippen molar-refractivity contribution in [2.24, 2.45) is 0 Å². The molecule has 0 fully saturated rings. The molecule has 1 heterocycles. The van der Waals surface area contributed by atoms with E-state index in [9.17, 15) is 0 Å². The summed E-state index contributed by atoms with van der Waals surface area (Å²) >= 11 is 7.66. The van der Waals surface area contributed by atoms with Crippen molar-refractivity contribution in [3.05, 3.63) is 41.1 Å². The van der Waals surface area contributed by atoms with Gasteiger partial charge in [-0.05, 0) is 37.1 Å². The first-order valence-electron chi connectivity index (χ1n) is 5.44. The van der Waals surface area contributed by atoms with Gasteiger partial charge in [-0.1, -0.05) is 11.6 Å². The van der Waals surface area contributed by atoms with Crippen LogP contribution in [0.25, 0.3) is 0 Å². The summed E-state index contributed by atoms with van der Waals surface area (Å²) in [4.78, 5) is 3.32. The number of nitriles is 1. The van der Waals surface area contributed by atoms with Gasteiger partial charge in [-0.25, -0.2) is 0 Å². The van der Waals surface area contributed by atoms with E-state index < -0.39 is 0 Å². The van der Waals surface area contributed by atoms with Crippen molar-refractivity contribution in [1.82, 2.24) is 4.90 Å². The highest BCUT2D eigenvalue weighted by Crippen LogP contribution is 2.32. The SMILES string of the molecule is CN1C=C(C#N)CC[C@@H]1Sc1ccc(Cl)cc1. The lowest BCUT2D eigenvalue weighted by Gasteiger charge is -2.30. The molecule has 0 bridgehead atoms. The maximum atomic E-state index is 8.85. The van der Waals surface area contributed by atoms with Crippen LogP contribution in [0.15, 0.2) is 40.9 Å². The van der Waals surface area contributed by atoms with E-state index in [2.05, 4.69) is 11.0 Å². The fraction of sp³-hybridized carbons (Fsp3) is 0.308. The van der Waals surface area contributed by atoms with E-state index in [1.807, 2.05) is 49.3 Å².